The molecule has 350 valence electrons. The number of aryl methyl sites for hydroxylation is 1. The lowest BCUT2D eigenvalue weighted by atomic mass is 9.88. The molecule has 4 bridgehead atoms. The molecule has 1 aliphatic rings. The molecular weight excluding hydrogens is 833 g/mol. The maximum atomic E-state index is 14.6. The molecule has 5 rings (SSSR count). The minimum atomic E-state index is -1.15. The van der Waals surface area contributed by atoms with Gasteiger partial charge in [0, 0.05) is 54.8 Å². The van der Waals surface area contributed by atoms with Gasteiger partial charge in [-0.25, -0.2) is 4.79 Å². The molecule has 3 amide bonds. The smallest absolute Gasteiger partial charge is 0.407 e. The highest BCUT2D eigenvalue weighted by atomic mass is 16.6. The molecule has 1 heterocycles. The predicted molar refractivity (Wildman–Crippen MR) is 256 cm³/mol. The van der Waals surface area contributed by atoms with Gasteiger partial charge in [-0.15, -0.1) is 0 Å². The zero-order chi connectivity index (χ0) is 48.0. The van der Waals surface area contributed by atoms with Crippen molar-refractivity contribution in [1.82, 2.24) is 15.5 Å². The van der Waals surface area contributed by atoms with Crippen molar-refractivity contribution >= 4 is 29.5 Å². The third-order valence-corrected chi connectivity index (χ3v) is 11.6. The zero-order valence-electron chi connectivity index (χ0n) is 39.8. The molecule has 0 saturated carbocycles. The van der Waals surface area contributed by atoms with E-state index in [4.69, 9.17) is 14.2 Å². The van der Waals surface area contributed by atoms with Crippen molar-refractivity contribution in [3.8, 4) is 39.8 Å². The normalized spacial score (nSPS) is 16.7. The summed E-state index contributed by atoms with van der Waals surface area (Å²) in [5.74, 6) is -2.04. The molecule has 0 spiro atoms. The Morgan fingerprint density at radius 3 is 2.11 bits per heavy atom. The van der Waals surface area contributed by atoms with E-state index in [0.717, 1.165) is 42.4 Å². The Bertz CT molecular complexity index is 2360. The van der Waals surface area contributed by atoms with Gasteiger partial charge in [-0.05, 0) is 98.5 Å². The number of Topliss-reactive ketones (excluding diaryl/α,β-unsaturated/α-hetero) is 2. The molecule has 0 radical (unpaired) electrons. The molecule has 1 aliphatic heterocycles. The van der Waals surface area contributed by atoms with Crippen LogP contribution in [-0.4, -0.2) is 72.8 Å². The number of nitriles is 1. The summed E-state index contributed by atoms with van der Waals surface area (Å²) in [5.41, 5.74) is 5.52. The Kier molecular flexibility index (Phi) is 18.1. The molecule has 0 aliphatic carbocycles. The lowest BCUT2D eigenvalue weighted by Crippen LogP contribution is -2.42. The third-order valence-electron chi connectivity index (χ3n) is 11.6. The number of likely N-dealkylation sites (N-methyl/N-ethyl adjacent to an activating group) is 1. The van der Waals surface area contributed by atoms with Gasteiger partial charge in [0.15, 0.2) is 11.6 Å². The Labute approximate surface area is 390 Å². The van der Waals surface area contributed by atoms with Crippen LogP contribution in [0.4, 0.5) is 4.79 Å². The highest BCUT2D eigenvalue weighted by Crippen LogP contribution is 2.41. The van der Waals surface area contributed by atoms with Crippen LogP contribution in [0.25, 0.3) is 22.3 Å². The summed E-state index contributed by atoms with van der Waals surface area (Å²) in [7, 11) is 1.56. The van der Waals surface area contributed by atoms with Crippen molar-refractivity contribution in [1.29, 1.82) is 5.26 Å². The highest BCUT2D eigenvalue weighted by molar-refractivity contribution is 6.00. The van der Waals surface area contributed by atoms with Crippen LogP contribution in [0.1, 0.15) is 120 Å². The van der Waals surface area contributed by atoms with Gasteiger partial charge in [0.25, 0.3) is 0 Å². The summed E-state index contributed by atoms with van der Waals surface area (Å²) in [5, 5.41) is 15.6. The Morgan fingerprint density at radius 1 is 0.848 bits per heavy atom. The van der Waals surface area contributed by atoms with E-state index in [1.165, 1.54) is 10.5 Å². The van der Waals surface area contributed by atoms with Crippen LogP contribution < -0.4 is 20.1 Å². The second-order valence-electron chi connectivity index (χ2n) is 18.1. The molecular formula is C54H66N4O8. The van der Waals surface area contributed by atoms with Crippen molar-refractivity contribution in [2.45, 2.75) is 118 Å². The van der Waals surface area contributed by atoms with Crippen LogP contribution in [-0.2, 0) is 32.0 Å². The van der Waals surface area contributed by atoms with Gasteiger partial charge in [-0.3, -0.25) is 19.2 Å². The Morgan fingerprint density at radius 2 is 1.48 bits per heavy atom. The first-order chi connectivity index (χ1) is 31.5. The Balaban J connectivity index is 1.48. The number of carbonyl (C=O) groups is 5. The van der Waals surface area contributed by atoms with Gasteiger partial charge in [-0.1, -0.05) is 94.8 Å². The fraction of sp³-hybridized carbons (Fsp3) is 0.444. The molecule has 66 heavy (non-hydrogen) atoms. The quantitative estimate of drug-likeness (QED) is 0.0775. The second kappa shape index (κ2) is 23.6. The first kappa shape index (κ1) is 50.5. The number of ether oxygens (including phenoxy) is 3. The van der Waals surface area contributed by atoms with E-state index < -0.39 is 41.5 Å². The van der Waals surface area contributed by atoms with Crippen molar-refractivity contribution in [2.75, 3.05) is 26.8 Å². The maximum Gasteiger partial charge on any atom is 0.407 e. The van der Waals surface area contributed by atoms with Gasteiger partial charge >= 0.3 is 6.09 Å². The molecule has 0 aromatic heterocycles. The van der Waals surface area contributed by atoms with E-state index in [2.05, 4.69) is 47.9 Å². The number of fused-ring (bicyclic) bond motifs is 5. The standard InChI is InChI=1S/C54H66N4O8/c1-9-12-13-36-14-17-39(18-15-36)40-19-21-41(22-20-40)46(59)33-38(11-3)52(62)58(8)50-42-23-25-49(64-27-10-2)45(32-42)44-31-37(30-43(34-55)57-51(61)35(4)29-47(50)60)16-24-48(44)65-28-26-56-53(63)66-54(5,6)7/h14-25,31-32,35,38,43,50H,9-13,26-30,33H2,1-8H3,(H,56,63)(H,57,61)/t35-,38-,43+,50+/m1/s1. The lowest BCUT2D eigenvalue weighted by Gasteiger charge is -2.32. The maximum absolute atomic E-state index is 14.6. The molecule has 0 fully saturated rings. The highest BCUT2D eigenvalue weighted by Gasteiger charge is 2.35. The number of carbonyl (C=O) groups excluding carboxylic acids is 5. The summed E-state index contributed by atoms with van der Waals surface area (Å²) < 4.78 is 17.9. The van der Waals surface area contributed by atoms with Crippen molar-refractivity contribution in [3.05, 3.63) is 107 Å². The monoisotopic (exact) mass is 898 g/mol. The number of unbranched alkanes of at least 4 members (excludes halogenated alkanes) is 1. The van der Waals surface area contributed by atoms with Crippen LogP contribution in [0.5, 0.6) is 11.5 Å². The topological polar surface area (TPSA) is 164 Å². The summed E-state index contributed by atoms with van der Waals surface area (Å²) >= 11 is 0. The lowest BCUT2D eigenvalue weighted by molar-refractivity contribution is -0.142. The van der Waals surface area contributed by atoms with Crippen LogP contribution in [0.15, 0.2) is 84.9 Å². The Hall–Kier alpha value is -6.48. The number of amides is 3. The number of hydrogen-bond acceptors (Lipinski definition) is 9. The zero-order valence-corrected chi connectivity index (χ0v) is 39.8. The first-order valence-electron chi connectivity index (χ1n) is 23.3. The van der Waals surface area contributed by atoms with E-state index in [9.17, 15) is 29.2 Å². The van der Waals surface area contributed by atoms with Crippen molar-refractivity contribution in [3.63, 3.8) is 0 Å². The summed E-state index contributed by atoms with van der Waals surface area (Å²) in [4.78, 5) is 70.4. The van der Waals surface area contributed by atoms with Gasteiger partial charge in [0.1, 0.15) is 35.8 Å². The van der Waals surface area contributed by atoms with Gasteiger partial charge in [0.05, 0.1) is 19.2 Å². The van der Waals surface area contributed by atoms with Crippen molar-refractivity contribution < 1.29 is 38.2 Å². The number of alkyl carbamates (subject to hydrolysis) is 1. The average Bonchev–Trinajstić information content (AvgIpc) is 3.30. The van der Waals surface area contributed by atoms with Gasteiger partial charge in [0.2, 0.25) is 11.8 Å². The molecule has 12 heteroatoms. The van der Waals surface area contributed by atoms with E-state index >= 15 is 0 Å². The number of rotatable bonds is 17. The summed E-state index contributed by atoms with van der Waals surface area (Å²) in [6.07, 6.45) is 3.69. The molecule has 0 saturated heterocycles. The number of hydrogen-bond donors (Lipinski definition) is 2. The van der Waals surface area contributed by atoms with E-state index in [1.807, 2.05) is 44.2 Å². The fourth-order valence-corrected chi connectivity index (χ4v) is 8.00. The first-order valence-corrected chi connectivity index (χ1v) is 23.3. The summed E-state index contributed by atoms with van der Waals surface area (Å²) in [6.45, 7) is 13.6. The van der Waals surface area contributed by atoms with Crippen LogP contribution in [0.3, 0.4) is 0 Å². The SMILES string of the molecule is CCCCc1ccc(-c2ccc(C(=O)C[C@@H](CC)C(=O)N(C)[C@@H]3C(=O)C[C@@H](C)C(=O)N[C@H](C#N)Cc4ccc(OCCNC(=O)OC(C)(C)C)c(c4)-c4cc3ccc4OCCC)cc2)cc1. The molecule has 2 N–H and O–H groups in total. The van der Waals surface area contributed by atoms with E-state index in [1.54, 1.807) is 65.1 Å². The number of benzene rings is 4. The number of ketones is 2. The number of nitrogens with zero attached hydrogens (tertiary/aromatic N) is 2. The van der Waals surface area contributed by atoms with Crippen LogP contribution in [0.2, 0.25) is 0 Å². The molecule has 0 unspecified atom stereocenters. The third kappa shape index (κ3) is 13.8. The predicted octanol–water partition coefficient (Wildman–Crippen LogP) is 10.0. The molecule has 4 aromatic rings. The minimum absolute atomic E-state index is 0.0638. The van der Waals surface area contributed by atoms with Crippen LogP contribution in [0, 0.1) is 23.2 Å². The van der Waals surface area contributed by atoms with E-state index in [-0.39, 0.29) is 49.9 Å². The second-order valence-corrected chi connectivity index (χ2v) is 18.1. The summed E-state index contributed by atoms with van der Waals surface area (Å²) in [6, 6.07) is 26.8. The number of nitrogens with one attached hydrogen (secondary N) is 2. The molecule has 12 nitrogen and oxygen atoms in total. The molecule has 4 atom stereocenters. The fourth-order valence-electron chi connectivity index (χ4n) is 8.00. The van der Waals surface area contributed by atoms with Gasteiger partial charge < -0.3 is 29.7 Å². The van der Waals surface area contributed by atoms with Crippen LogP contribution >= 0.6 is 0 Å². The average molecular weight is 899 g/mol. The largest absolute Gasteiger partial charge is 0.493 e. The van der Waals surface area contributed by atoms with E-state index in [0.29, 0.717) is 46.8 Å². The minimum Gasteiger partial charge on any atom is -0.493 e. The van der Waals surface area contributed by atoms with Crippen molar-refractivity contribution in [2.24, 2.45) is 11.8 Å². The molecule has 4 aromatic carbocycles. The van der Waals surface area contributed by atoms with Gasteiger partial charge in [-0.2, -0.15) is 5.26 Å².